The van der Waals surface area contributed by atoms with E-state index in [9.17, 15) is 4.79 Å². The predicted octanol–water partition coefficient (Wildman–Crippen LogP) is 3.43. The van der Waals surface area contributed by atoms with Crippen molar-refractivity contribution in [2.45, 2.75) is 45.6 Å². The largest absolute Gasteiger partial charge is 0.311 e. The molecule has 1 aliphatic heterocycles. The van der Waals surface area contributed by atoms with Crippen LogP contribution in [0.5, 0.6) is 0 Å². The number of anilines is 1. The van der Waals surface area contributed by atoms with Crippen LogP contribution in [0.15, 0.2) is 30.5 Å². The van der Waals surface area contributed by atoms with Crippen LogP contribution in [-0.2, 0) is 11.2 Å². The van der Waals surface area contributed by atoms with Gasteiger partial charge in [0.25, 0.3) is 0 Å². The number of carbonyl (C=O) groups is 1. The van der Waals surface area contributed by atoms with E-state index in [0.717, 1.165) is 29.9 Å². The molecule has 1 aliphatic rings. The second kappa shape index (κ2) is 7.74. The third-order valence-corrected chi connectivity index (χ3v) is 4.72. The number of aromatic nitrogens is 2. The number of amides is 1. The van der Waals surface area contributed by atoms with Gasteiger partial charge in [0.15, 0.2) is 0 Å². The summed E-state index contributed by atoms with van der Waals surface area (Å²) >= 11 is 0. The topological polar surface area (TPSA) is 58.1 Å². The van der Waals surface area contributed by atoms with Gasteiger partial charge in [0.1, 0.15) is 5.82 Å². The highest BCUT2D eigenvalue weighted by Crippen LogP contribution is 2.29. The maximum Gasteiger partial charge on any atom is 0.225 e. The molecule has 5 heteroatoms. The Morgan fingerprint density at radius 3 is 2.88 bits per heavy atom. The first-order chi connectivity index (χ1) is 12.0. The Kier molecular flexibility index (Phi) is 5.43. The summed E-state index contributed by atoms with van der Waals surface area (Å²) in [6.07, 6.45) is 5.24. The van der Waals surface area contributed by atoms with E-state index < -0.39 is 0 Å². The summed E-state index contributed by atoms with van der Waals surface area (Å²) in [5, 5.41) is 2.87. The number of hydrogen-bond acceptors (Lipinski definition) is 4. The molecule has 0 bridgehead atoms. The number of likely N-dealkylation sites (tertiary alicyclic amines) is 1. The quantitative estimate of drug-likeness (QED) is 0.907. The summed E-state index contributed by atoms with van der Waals surface area (Å²) in [6.45, 7) is 5.14. The lowest BCUT2D eigenvalue weighted by molar-refractivity contribution is -0.116. The number of aryl methyl sites for hydroxylation is 3. The van der Waals surface area contributed by atoms with Gasteiger partial charge in [-0.1, -0.05) is 0 Å². The van der Waals surface area contributed by atoms with Gasteiger partial charge in [-0.3, -0.25) is 14.7 Å². The molecule has 3 heterocycles. The van der Waals surface area contributed by atoms with E-state index >= 15 is 0 Å². The van der Waals surface area contributed by atoms with Crippen LogP contribution < -0.4 is 5.32 Å². The summed E-state index contributed by atoms with van der Waals surface area (Å²) in [4.78, 5) is 23.5. The lowest BCUT2D eigenvalue weighted by atomic mass is 10.0. The summed E-state index contributed by atoms with van der Waals surface area (Å²) in [7, 11) is 2.16. The number of rotatable bonds is 5. The molecule has 1 atom stereocenters. The molecular weight excluding hydrogens is 312 g/mol. The highest BCUT2D eigenvalue weighted by Gasteiger charge is 2.24. The molecule has 132 valence electrons. The van der Waals surface area contributed by atoms with Crippen LogP contribution in [-0.4, -0.2) is 34.4 Å². The van der Waals surface area contributed by atoms with E-state index in [2.05, 4.69) is 34.4 Å². The summed E-state index contributed by atoms with van der Waals surface area (Å²) in [5.41, 5.74) is 4.42. The Balaban J connectivity index is 1.62. The zero-order chi connectivity index (χ0) is 17.8. The van der Waals surface area contributed by atoms with Gasteiger partial charge in [0.05, 0.1) is 11.7 Å². The van der Waals surface area contributed by atoms with Gasteiger partial charge in [0, 0.05) is 18.3 Å². The minimum Gasteiger partial charge on any atom is -0.311 e. The standard InChI is InChI=1S/C20H26N4O/c1-14-8-9-21-19(11-14)23-20(25)7-6-16-12-15(2)22-17(13-16)18-5-4-10-24(18)3/h8-9,11-13,18H,4-7,10H2,1-3H3,(H,21,23,25). The molecule has 0 aliphatic carbocycles. The average Bonchev–Trinajstić information content (AvgIpc) is 2.99. The van der Waals surface area contributed by atoms with Crippen molar-refractivity contribution in [1.29, 1.82) is 0 Å². The van der Waals surface area contributed by atoms with E-state index in [4.69, 9.17) is 4.98 Å². The fourth-order valence-electron chi connectivity index (χ4n) is 3.43. The second-order valence-corrected chi connectivity index (χ2v) is 6.95. The lowest BCUT2D eigenvalue weighted by Gasteiger charge is -2.20. The molecule has 0 spiro atoms. The highest BCUT2D eigenvalue weighted by atomic mass is 16.1. The van der Waals surface area contributed by atoms with Gasteiger partial charge >= 0.3 is 0 Å². The van der Waals surface area contributed by atoms with Crippen molar-refractivity contribution in [3.8, 4) is 0 Å². The normalized spacial score (nSPS) is 17.6. The lowest BCUT2D eigenvalue weighted by Crippen LogP contribution is -2.19. The molecule has 3 rings (SSSR count). The van der Waals surface area contributed by atoms with Gasteiger partial charge in [-0.05, 0) is 82.1 Å². The number of nitrogens with zero attached hydrogens (tertiary/aromatic N) is 3. The maximum atomic E-state index is 12.2. The molecule has 1 N–H and O–H groups in total. The first kappa shape index (κ1) is 17.5. The van der Waals surface area contributed by atoms with Crippen molar-refractivity contribution in [3.63, 3.8) is 0 Å². The first-order valence-electron chi connectivity index (χ1n) is 8.91. The first-order valence-corrected chi connectivity index (χ1v) is 8.91. The number of carbonyl (C=O) groups excluding carboxylic acids is 1. The average molecular weight is 338 g/mol. The number of hydrogen-bond donors (Lipinski definition) is 1. The van der Waals surface area contributed by atoms with Crippen molar-refractivity contribution >= 4 is 11.7 Å². The van der Waals surface area contributed by atoms with Gasteiger partial charge in [-0.2, -0.15) is 0 Å². The van der Waals surface area contributed by atoms with Crippen LogP contribution in [0.4, 0.5) is 5.82 Å². The van der Waals surface area contributed by atoms with Gasteiger partial charge in [-0.25, -0.2) is 4.98 Å². The van der Waals surface area contributed by atoms with Crippen LogP contribution in [0.2, 0.25) is 0 Å². The second-order valence-electron chi connectivity index (χ2n) is 6.95. The Bertz CT molecular complexity index is 759. The molecule has 5 nitrogen and oxygen atoms in total. The molecule has 0 aromatic carbocycles. The van der Waals surface area contributed by atoms with Gasteiger partial charge in [-0.15, -0.1) is 0 Å². The molecule has 0 radical (unpaired) electrons. The number of nitrogens with one attached hydrogen (secondary N) is 1. The van der Waals surface area contributed by atoms with E-state index in [0.29, 0.717) is 24.7 Å². The van der Waals surface area contributed by atoms with E-state index in [1.165, 1.54) is 12.0 Å². The third kappa shape index (κ3) is 4.63. The van der Waals surface area contributed by atoms with Crippen LogP contribution in [0.1, 0.15) is 47.8 Å². The Morgan fingerprint density at radius 2 is 2.16 bits per heavy atom. The van der Waals surface area contributed by atoms with E-state index in [1.54, 1.807) is 6.20 Å². The minimum atomic E-state index is -0.00732. The molecule has 1 unspecified atom stereocenters. The Labute approximate surface area is 149 Å². The molecule has 1 fully saturated rings. The van der Waals surface area contributed by atoms with Crippen LogP contribution in [0, 0.1) is 13.8 Å². The smallest absolute Gasteiger partial charge is 0.225 e. The monoisotopic (exact) mass is 338 g/mol. The van der Waals surface area contributed by atoms with Crippen molar-refractivity contribution in [2.75, 3.05) is 18.9 Å². The van der Waals surface area contributed by atoms with Crippen molar-refractivity contribution in [2.24, 2.45) is 0 Å². The van der Waals surface area contributed by atoms with Crippen LogP contribution >= 0.6 is 0 Å². The molecule has 1 saturated heterocycles. The van der Waals surface area contributed by atoms with E-state index in [1.807, 2.05) is 26.0 Å². The Hall–Kier alpha value is -2.27. The third-order valence-electron chi connectivity index (χ3n) is 4.72. The van der Waals surface area contributed by atoms with Crippen LogP contribution in [0.3, 0.4) is 0 Å². The highest BCUT2D eigenvalue weighted by molar-refractivity contribution is 5.89. The van der Waals surface area contributed by atoms with Crippen molar-refractivity contribution in [3.05, 3.63) is 53.0 Å². The summed E-state index contributed by atoms with van der Waals surface area (Å²) in [5.74, 6) is 0.608. The Morgan fingerprint density at radius 1 is 1.32 bits per heavy atom. The molecular formula is C20H26N4O. The summed E-state index contributed by atoms with van der Waals surface area (Å²) < 4.78 is 0. The van der Waals surface area contributed by atoms with Crippen molar-refractivity contribution in [1.82, 2.24) is 14.9 Å². The zero-order valence-corrected chi connectivity index (χ0v) is 15.2. The predicted molar refractivity (Wildman–Crippen MR) is 99.5 cm³/mol. The summed E-state index contributed by atoms with van der Waals surface area (Å²) in [6, 6.07) is 8.44. The van der Waals surface area contributed by atoms with Crippen LogP contribution in [0.25, 0.3) is 0 Å². The van der Waals surface area contributed by atoms with E-state index in [-0.39, 0.29) is 5.91 Å². The molecule has 2 aromatic heterocycles. The zero-order valence-electron chi connectivity index (χ0n) is 15.2. The fraction of sp³-hybridized carbons (Fsp3) is 0.450. The molecule has 1 amide bonds. The SMILES string of the molecule is Cc1ccnc(NC(=O)CCc2cc(C)nc(C3CCCN3C)c2)c1. The van der Waals surface area contributed by atoms with Gasteiger partial charge in [0.2, 0.25) is 5.91 Å². The minimum absolute atomic E-state index is 0.00732. The molecule has 25 heavy (non-hydrogen) atoms. The fourth-order valence-corrected chi connectivity index (χ4v) is 3.43. The molecule has 0 saturated carbocycles. The van der Waals surface area contributed by atoms with Gasteiger partial charge < -0.3 is 5.32 Å². The van der Waals surface area contributed by atoms with Crippen molar-refractivity contribution < 1.29 is 4.79 Å². The molecule has 2 aromatic rings. The number of pyridine rings is 2. The maximum absolute atomic E-state index is 12.2.